The van der Waals surface area contributed by atoms with Crippen molar-refractivity contribution in [1.82, 2.24) is 4.90 Å². The van der Waals surface area contributed by atoms with Crippen LogP contribution in [0.1, 0.15) is 18.9 Å². The summed E-state index contributed by atoms with van der Waals surface area (Å²) in [6, 6.07) is 9.35. The number of amides is 1. The topological polar surface area (TPSA) is 82.1 Å². The van der Waals surface area contributed by atoms with Crippen LogP contribution in [0.15, 0.2) is 42.0 Å². The molecular weight excluding hydrogens is 381 g/mol. The maximum absolute atomic E-state index is 13.1. The average Bonchev–Trinajstić information content (AvgIpc) is 3.03. The molecule has 1 aromatic carbocycles. The Kier molecular flexibility index (Phi) is 5.25. The molecular formula is C21H22FNO6. The number of halogens is 1. The Morgan fingerprint density at radius 1 is 1.28 bits per heavy atom. The molecule has 1 aliphatic carbocycles. The lowest BCUT2D eigenvalue weighted by Gasteiger charge is -2.42. The number of likely N-dealkylation sites (tertiary alicyclic amines) is 1. The third kappa shape index (κ3) is 3.59. The SMILES string of the molecule is CC1OC(=O)C2C=C3CN(C(=O)OF)CCC3C(C(=O)OCc3ccccc3)C12. The normalized spacial score (nSPS) is 30.6. The molecule has 2 aliphatic heterocycles. The van der Waals surface area contributed by atoms with Crippen LogP contribution in [0, 0.1) is 23.7 Å². The number of ether oxygens (including phenoxy) is 2. The first-order valence-electron chi connectivity index (χ1n) is 9.68. The summed E-state index contributed by atoms with van der Waals surface area (Å²) >= 11 is 0. The van der Waals surface area contributed by atoms with Crippen molar-refractivity contribution in [3.8, 4) is 0 Å². The molecule has 7 nitrogen and oxygen atoms in total. The van der Waals surface area contributed by atoms with Gasteiger partial charge in [0.1, 0.15) is 12.7 Å². The number of nitrogens with zero attached hydrogens (tertiary/aromatic N) is 1. The highest BCUT2D eigenvalue weighted by molar-refractivity contribution is 5.82. The predicted molar refractivity (Wildman–Crippen MR) is 97.6 cm³/mol. The molecule has 154 valence electrons. The zero-order valence-electron chi connectivity index (χ0n) is 16.0. The van der Waals surface area contributed by atoms with E-state index in [0.717, 1.165) is 11.1 Å². The van der Waals surface area contributed by atoms with E-state index >= 15 is 0 Å². The number of rotatable bonds is 3. The van der Waals surface area contributed by atoms with Crippen molar-refractivity contribution >= 4 is 18.0 Å². The van der Waals surface area contributed by atoms with E-state index in [1.54, 1.807) is 13.0 Å². The molecule has 0 spiro atoms. The Hall–Kier alpha value is -2.90. The van der Waals surface area contributed by atoms with Crippen LogP contribution in [0.3, 0.4) is 0 Å². The lowest BCUT2D eigenvalue weighted by Crippen LogP contribution is -2.49. The Morgan fingerprint density at radius 2 is 2.03 bits per heavy atom. The largest absolute Gasteiger partial charge is 0.462 e. The fraction of sp³-hybridized carbons (Fsp3) is 0.476. The summed E-state index contributed by atoms with van der Waals surface area (Å²) in [6.07, 6.45) is 0.751. The molecule has 5 atom stereocenters. The highest BCUT2D eigenvalue weighted by Crippen LogP contribution is 2.48. The van der Waals surface area contributed by atoms with Gasteiger partial charge in [0.2, 0.25) is 0 Å². The van der Waals surface area contributed by atoms with Crippen molar-refractivity contribution in [2.24, 2.45) is 23.7 Å². The van der Waals surface area contributed by atoms with E-state index in [0.29, 0.717) is 6.42 Å². The molecule has 4 rings (SSSR count). The predicted octanol–water partition coefficient (Wildman–Crippen LogP) is 2.81. The van der Waals surface area contributed by atoms with E-state index in [-0.39, 0.29) is 43.5 Å². The average molecular weight is 403 g/mol. The molecule has 8 heteroatoms. The highest BCUT2D eigenvalue weighted by Gasteiger charge is 2.55. The first-order valence-corrected chi connectivity index (χ1v) is 9.68. The summed E-state index contributed by atoms with van der Waals surface area (Å²) in [5.74, 6) is -2.43. The first-order chi connectivity index (χ1) is 14.0. The Labute approximate surface area is 167 Å². The van der Waals surface area contributed by atoms with Gasteiger partial charge >= 0.3 is 18.0 Å². The number of carbonyl (C=O) groups is 3. The molecule has 2 fully saturated rings. The molecule has 3 aliphatic rings. The second kappa shape index (κ2) is 7.85. The third-order valence-electron chi connectivity index (χ3n) is 6.15. The summed E-state index contributed by atoms with van der Waals surface area (Å²) in [4.78, 5) is 41.6. The first kappa shape index (κ1) is 19.4. The van der Waals surface area contributed by atoms with Crippen molar-refractivity contribution in [3.05, 3.63) is 47.5 Å². The van der Waals surface area contributed by atoms with Crippen LogP contribution < -0.4 is 0 Å². The summed E-state index contributed by atoms with van der Waals surface area (Å²) in [6.45, 7) is 2.30. The van der Waals surface area contributed by atoms with Crippen LogP contribution in [0.2, 0.25) is 0 Å². The molecule has 2 saturated heterocycles. The molecule has 0 saturated carbocycles. The smallest absolute Gasteiger partial charge is 0.447 e. The molecule has 5 unspecified atom stereocenters. The van der Waals surface area contributed by atoms with Crippen molar-refractivity contribution < 1.29 is 33.3 Å². The fourth-order valence-corrected chi connectivity index (χ4v) is 4.82. The van der Waals surface area contributed by atoms with Gasteiger partial charge in [0, 0.05) is 23.5 Å². The monoisotopic (exact) mass is 403 g/mol. The number of cyclic esters (lactones) is 1. The van der Waals surface area contributed by atoms with Crippen LogP contribution in [-0.4, -0.2) is 42.1 Å². The maximum atomic E-state index is 13.1. The Bertz CT molecular complexity index is 841. The molecule has 0 radical (unpaired) electrons. The summed E-state index contributed by atoms with van der Waals surface area (Å²) in [5, 5.41) is 0. The van der Waals surface area contributed by atoms with Crippen LogP contribution in [-0.2, 0) is 30.6 Å². The van der Waals surface area contributed by atoms with Gasteiger partial charge < -0.3 is 14.4 Å². The van der Waals surface area contributed by atoms with Crippen molar-refractivity contribution in [3.63, 3.8) is 0 Å². The van der Waals surface area contributed by atoms with Crippen LogP contribution >= 0.6 is 0 Å². The van der Waals surface area contributed by atoms with Crippen molar-refractivity contribution in [2.75, 3.05) is 13.1 Å². The van der Waals surface area contributed by atoms with Gasteiger partial charge in [-0.15, -0.1) is 0 Å². The standard InChI is InChI=1S/C21H22FNO6/c1-12-17-16(19(24)28-12)9-14-10-23(21(26)29-22)8-7-15(14)18(17)20(25)27-11-13-5-3-2-4-6-13/h2-6,9,12,15-18H,7-8,10-11H2,1H3. The number of fused-ring (bicyclic) bond motifs is 2. The fourth-order valence-electron chi connectivity index (χ4n) is 4.82. The van der Waals surface area contributed by atoms with Crippen LogP contribution in [0.4, 0.5) is 9.32 Å². The Morgan fingerprint density at radius 3 is 2.76 bits per heavy atom. The lowest BCUT2D eigenvalue weighted by molar-refractivity contribution is -0.156. The Balaban J connectivity index is 1.58. The van der Waals surface area contributed by atoms with Gasteiger partial charge in [0.05, 0.1) is 11.8 Å². The van der Waals surface area contributed by atoms with Gasteiger partial charge in [0.25, 0.3) is 0 Å². The van der Waals surface area contributed by atoms with E-state index < -0.39 is 24.0 Å². The molecule has 1 aromatic rings. The van der Waals surface area contributed by atoms with E-state index in [1.807, 2.05) is 30.3 Å². The van der Waals surface area contributed by atoms with E-state index in [4.69, 9.17) is 9.47 Å². The molecule has 0 aromatic heterocycles. The molecule has 1 amide bonds. The number of hydrogen-bond donors (Lipinski definition) is 0. The minimum absolute atomic E-state index is 0.112. The highest BCUT2D eigenvalue weighted by atomic mass is 19.3. The maximum Gasteiger partial charge on any atom is 0.447 e. The minimum Gasteiger partial charge on any atom is -0.462 e. The molecule has 0 bridgehead atoms. The van der Waals surface area contributed by atoms with Crippen molar-refractivity contribution in [2.45, 2.75) is 26.1 Å². The number of piperidine rings is 1. The van der Waals surface area contributed by atoms with Gasteiger partial charge in [-0.25, -0.2) is 9.74 Å². The summed E-state index contributed by atoms with van der Waals surface area (Å²) < 4.78 is 23.3. The van der Waals surface area contributed by atoms with Crippen molar-refractivity contribution in [1.29, 1.82) is 0 Å². The van der Waals surface area contributed by atoms with E-state index in [1.165, 1.54) is 4.90 Å². The third-order valence-corrected chi connectivity index (χ3v) is 6.15. The van der Waals surface area contributed by atoms with Gasteiger partial charge in [-0.05, 0) is 30.4 Å². The lowest BCUT2D eigenvalue weighted by atomic mass is 9.64. The molecule has 0 N–H and O–H groups in total. The van der Waals surface area contributed by atoms with Gasteiger partial charge in [-0.2, -0.15) is 0 Å². The van der Waals surface area contributed by atoms with E-state index in [2.05, 4.69) is 4.94 Å². The number of esters is 2. The van der Waals surface area contributed by atoms with Gasteiger partial charge in [-0.1, -0.05) is 36.4 Å². The second-order valence-electron chi connectivity index (χ2n) is 7.77. The number of hydrogen-bond acceptors (Lipinski definition) is 6. The summed E-state index contributed by atoms with van der Waals surface area (Å²) in [5.41, 5.74) is 1.62. The quantitative estimate of drug-likeness (QED) is 0.570. The number of carbonyl (C=O) groups excluding carboxylic acids is 3. The second-order valence-corrected chi connectivity index (χ2v) is 7.77. The van der Waals surface area contributed by atoms with Crippen LogP contribution in [0.25, 0.3) is 0 Å². The molecule has 2 heterocycles. The van der Waals surface area contributed by atoms with E-state index in [9.17, 15) is 18.9 Å². The van der Waals surface area contributed by atoms with Gasteiger partial charge in [0.15, 0.2) is 0 Å². The summed E-state index contributed by atoms with van der Waals surface area (Å²) in [7, 11) is 0. The minimum atomic E-state index is -1.07. The zero-order chi connectivity index (χ0) is 20.5. The number of benzene rings is 1. The zero-order valence-corrected chi connectivity index (χ0v) is 16.0. The molecule has 29 heavy (non-hydrogen) atoms. The van der Waals surface area contributed by atoms with Crippen LogP contribution in [0.5, 0.6) is 0 Å². The van der Waals surface area contributed by atoms with Gasteiger partial charge in [-0.3, -0.25) is 9.59 Å².